The first-order valence-electron chi connectivity index (χ1n) is 8.88. The van der Waals surface area contributed by atoms with Crippen LogP contribution in [0.1, 0.15) is 19.4 Å². The van der Waals surface area contributed by atoms with Gasteiger partial charge in [0.15, 0.2) is 0 Å². The summed E-state index contributed by atoms with van der Waals surface area (Å²) in [5.41, 5.74) is -1.10. The summed E-state index contributed by atoms with van der Waals surface area (Å²) >= 11 is 0. The van der Waals surface area contributed by atoms with Gasteiger partial charge in [-0.3, -0.25) is 9.37 Å². The van der Waals surface area contributed by atoms with E-state index in [1.54, 1.807) is 18.7 Å². The lowest BCUT2D eigenvalue weighted by Crippen LogP contribution is -2.46. The largest absolute Gasteiger partial charge is 0.496 e. The number of fused-ring (bicyclic) bond motifs is 1. The average molecular weight is 413 g/mol. The fourth-order valence-electron chi connectivity index (χ4n) is 2.84. The first-order chi connectivity index (χ1) is 13.7. The topological polar surface area (TPSA) is 55.5 Å². The molecule has 4 nitrogen and oxygen atoms in total. The van der Waals surface area contributed by atoms with E-state index in [4.69, 9.17) is 9.15 Å². The van der Waals surface area contributed by atoms with Crippen molar-refractivity contribution >= 4 is 11.0 Å². The molecule has 0 radical (unpaired) electrons. The van der Waals surface area contributed by atoms with Crippen molar-refractivity contribution in [1.82, 2.24) is 4.98 Å². The molecule has 4 atom stereocenters. The quantitative estimate of drug-likeness (QED) is 0.581. The van der Waals surface area contributed by atoms with Crippen molar-refractivity contribution < 1.29 is 31.8 Å². The second kappa shape index (κ2) is 9.73. The summed E-state index contributed by atoms with van der Waals surface area (Å²) in [7, 11) is 1.27. The highest BCUT2D eigenvalue weighted by Crippen LogP contribution is 2.39. The van der Waals surface area contributed by atoms with Gasteiger partial charge in [0.25, 0.3) is 0 Å². The van der Waals surface area contributed by atoms with Gasteiger partial charge in [-0.2, -0.15) is 0 Å². The summed E-state index contributed by atoms with van der Waals surface area (Å²) in [6.45, 7) is 0.886. The smallest absolute Gasteiger partial charge is 0.141 e. The number of benzene rings is 1. The zero-order chi connectivity index (χ0) is 21.6. The van der Waals surface area contributed by atoms with Crippen molar-refractivity contribution in [2.24, 2.45) is 0 Å². The minimum Gasteiger partial charge on any atom is -0.496 e. The van der Waals surface area contributed by atoms with Crippen molar-refractivity contribution in [1.29, 1.82) is 0 Å². The molecule has 158 valence electrons. The number of pyridine rings is 1. The number of ether oxygens (including phenoxy) is 1. The molecule has 0 bridgehead atoms. The summed E-state index contributed by atoms with van der Waals surface area (Å²) < 4.78 is 64.2. The van der Waals surface area contributed by atoms with E-state index < -0.39 is 36.4 Å². The summed E-state index contributed by atoms with van der Waals surface area (Å²) in [6.07, 6.45) is -0.987. The molecular formula is C21H23F4NO3. The molecule has 0 aliphatic heterocycles. The monoisotopic (exact) mass is 413 g/mol. The fraction of sp³-hybridized carbons (Fsp3) is 0.381. The zero-order valence-corrected chi connectivity index (χ0v) is 16.3. The van der Waals surface area contributed by atoms with Crippen LogP contribution >= 0.6 is 0 Å². The van der Waals surface area contributed by atoms with Crippen LogP contribution in [0.2, 0.25) is 0 Å². The molecule has 0 saturated carbocycles. The molecule has 3 aromatic rings. The molecule has 0 saturated heterocycles. The molecule has 29 heavy (non-hydrogen) atoms. The van der Waals surface area contributed by atoms with Crippen molar-refractivity contribution in [2.45, 2.75) is 37.7 Å². The Kier molecular flexibility index (Phi) is 7.61. The first kappa shape index (κ1) is 22.7. The van der Waals surface area contributed by atoms with Crippen LogP contribution in [0, 0.1) is 5.82 Å². The predicted octanol–water partition coefficient (Wildman–Crippen LogP) is 4.95. The van der Waals surface area contributed by atoms with Gasteiger partial charge in [0.05, 0.1) is 18.8 Å². The van der Waals surface area contributed by atoms with Crippen LogP contribution in [-0.4, -0.2) is 42.3 Å². The van der Waals surface area contributed by atoms with Crippen LogP contribution in [0.4, 0.5) is 17.6 Å². The number of hydrogen-bond donors (Lipinski definition) is 1. The summed E-state index contributed by atoms with van der Waals surface area (Å²) in [5.74, 6) is -0.622. The number of aliphatic hydroxyl groups excluding tert-OH is 1. The van der Waals surface area contributed by atoms with Crippen molar-refractivity contribution in [3.8, 4) is 5.75 Å². The number of halogens is 4. The Balaban J connectivity index is 0.000000272. The van der Waals surface area contributed by atoms with Crippen molar-refractivity contribution in [2.75, 3.05) is 13.8 Å². The van der Waals surface area contributed by atoms with E-state index in [-0.39, 0.29) is 11.3 Å². The molecule has 2 aromatic heterocycles. The molecule has 0 spiro atoms. The molecule has 1 aromatic carbocycles. The number of furan rings is 1. The van der Waals surface area contributed by atoms with Crippen LogP contribution in [0.3, 0.4) is 0 Å². The molecule has 1 N–H and O–H groups in total. The van der Waals surface area contributed by atoms with E-state index in [0.717, 1.165) is 36.9 Å². The fourth-order valence-corrected chi connectivity index (χ4v) is 2.84. The first-order valence-corrected chi connectivity index (χ1v) is 8.88. The molecule has 0 aliphatic carbocycles. The third-order valence-corrected chi connectivity index (χ3v) is 4.69. The van der Waals surface area contributed by atoms with Crippen LogP contribution < -0.4 is 4.74 Å². The van der Waals surface area contributed by atoms with Crippen LogP contribution in [0.15, 0.2) is 53.4 Å². The normalized spacial score (nSPS) is 16.3. The second-order valence-electron chi connectivity index (χ2n) is 6.80. The molecule has 0 amide bonds. The van der Waals surface area contributed by atoms with Crippen LogP contribution in [-0.2, 0) is 5.41 Å². The number of nitrogens with zero attached hydrogens (tertiary/aromatic N) is 1. The highest BCUT2D eigenvalue weighted by molar-refractivity contribution is 5.75. The maximum absolute atomic E-state index is 14.3. The Bertz CT molecular complexity index is 888. The van der Waals surface area contributed by atoms with Gasteiger partial charge in [0.1, 0.15) is 42.3 Å². The zero-order valence-electron chi connectivity index (χ0n) is 16.3. The summed E-state index contributed by atoms with van der Waals surface area (Å²) in [6, 6.07) is 6.98. The lowest BCUT2D eigenvalue weighted by atomic mass is 9.76. The van der Waals surface area contributed by atoms with E-state index in [0.29, 0.717) is 0 Å². The minimum absolute atomic E-state index is 0.0768. The maximum atomic E-state index is 14.3. The molecule has 2 heterocycles. The number of alkyl halides is 3. The molecule has 8 heteroatoms. The standard InChI is InChI=1S/C14H18F4O2.C7H5NO/c1-8(16)12(19)13(18)14(2,7-15)10-6-9(17)4-5-11(10)20-3;1-3-8-5-6-2-4-9-7(1)6/h4-6,8,12-13,19H,7H2,1-3H3;1-5H. The predicted molar refractivity (Wildman–Crippen MR) is 102 cm³/mol. The van der Waals surface area contributed by atoms with E-state index in [2.05, 4.69) is 4.98 Å². The number of aliphatic hydroxyl groups is 1. The molecular weight excluding hydrogens is 390 g/mol. The van der Waals surface area contributed by atoms with E-state index in [9.17, 15) is 22.7 Å². The van der Waals surface area contributed by atoms with Gasteiger partial charge in [-0.25, -0.2) is 13.2 Å². The van der Waals surface area contributed by atoms with Gasteiger partial charge in [-0.15, -0.1) is 0 Å². The average Bonchev–Trinajstić information content (AvgIpc) is 3.21. The third kappa shape index (κ3) is 5.06. The highest BCUT2D eigenvalue weighted by Gasteiger charge is 2.44. The van der Waals surface area contributed by atoms with Gasteiger partial charge in [0.2, 0.25) is 0 Å². The van der Waals surface area contributed by atoms with Gasteiger partial charge >= 0.3 is 0 Å². The number of rotatable bonds is 6. The summed E-state index contributed by atoms with van der Waals surface area (Å²) in [5, 5.41) is 10.6. The van der Waals surface area contributed by atoms with Crippen molar-refractivity contribution in [3.63, 3.8) is 0 Å². The molecule has 0 aliphatic rings. The Hall–Kier alpha value is -2.61. The van der Waals surface area contributed by atoms with E-state index >= 15 is 0 Å². The Morgan fingerprint density at radius 3 is 2.55 bits per heavy atom. The second-order valence-corrected chi connectivity index (χ2v) is 6.80. The highest BCUT2D eigenvalue weighted by atomic mass is 19.2. The minimum atomic E-state index is -2.25. The number of hydrogen-bond acceptors (Lipinski definition) is 4. The lowest BCUT2D eigenvalue weighted by Gasteiger charge is -2.34. The van der Waals surface area contributed by atoms with E-state index in [1.807, 2.05) is 12.1 Å². The van der Waals surface area contributed by atoms with Gasteiger partial charge in [0, 0.05) is 23.3 Å². The van der Waals surface area contributed by atoms with Gasteiger partial charge < -0.3 is 14.3 Å². The Labute approximate surface area is 166 Å². The molecule has 0 fully saturated rings. The van der Waals surface area contributed by atoms with E-state index in [1.165, 1.54) is 13.2 Å². The third-order valence-electron chi connectivity index (χ3n) is 4.69. The van der Waals surface area contributed by atoms with Crippen LogP contribution in [0.25, 0.3) is 11.0 Å². The molecule has 4 unspecified atom stereocenters. The molecule has 3 rings (SSSR count). The Morgan fingerprint density at radius 2 is 1.97 bits per heavy atom. The van der Waals surface area contributed by atoms with Gasteiger partial charge in [-0.1, -0.05) is 0 Å². The van der Waals surface area contributed by atoms with Crippen molar-refractivity contribution in [3.05, 3.63) is 60.4 Å². The SMILES string of the molecule is COc1ccc(F)cc1C(C)(CF)C(F)C(O)C(C)F.c1cc2occc2cn1. The van der Waals surface area contributed by atoms with Crippen LogP contribution in [0.5, 0.6) is 5.75 Å². The number of methoxy groups -OCH3 is 1. The van der Waals surface area contributed by atoms with Gasteiger partial charge in [-0.05, 0) is 44.2 Å². The Morgan fingerprint density at radius 1 is 1.24 bits per heavy atom. The maximum Gasteiger partial charge on any atom is 0.141 e. The summed E-state index contributed by atoms with van der Waals surface area (Å²) in [4.78, 5) is 3.93. The lowest BCUT2D eigenvalue weighted by molar-refractivity contribution is -0.0208. The number of aromatic nitrogens is 1.